The summed E-state index contributed by atoms with van der Waals surface area (Å²) in [5, 5.41) is 8.72. The lowest BCUT2D eigenvalue weighted by Gasteiger charge is -2.29. The Kier molecular flexibility index (Phi) is 2.87. The number of aldehydes is 1. The number of hydrogen-bond acceptors (Lipinski definition) is 2. The van der Waals surface area contributed by atoms with Crippen LogP contribution in [0.4, 0.5) is 0 Å². The normalized spacial score (nSPS) is 32.9. The van der Waals surface area contributed by atoms with Gasteiger partial charge in [-0.3, -0.25) is 0 Å². The Balaban J connectivity index is 2.81. The average Bonchev–Trinajstić information content (AvgIpc) is 2.34. The fourth-order valence-electron chi connectivity index (χ4n) is 2.17. The predicted molar refractivity (Wildman–Crippen MR) is 50.9 cm³/mol. The Morgan fingerprint density at radius 2 is 2.54 bits per heavy atom. The van der Waals surface area contributed by atoms with Crippen LogP contribution in [0.3, 0.4) is 0 Å². The fourth-order valence-corrected chi connectivity index (χ4v) is 2.17. The van der Waals surface area contributed by atoms with Gasteiger partial charge in [-0.15, -0.1) is 0 Å². The lowest BCUT2D eigenvalue weighted by Crippen LogP contribution is -2.23. The van der Waals surface area contributed by atoms with Crippen molar-refractivity contribution in [2.45, 2.75) is 32.6 Å². The summed E-state index contributed by atoms with van der Waals surface area (Å²) in [6.07, 6.45) is 3.99. The van der Waals surface area contributed by atoms with E-state index in [0.717, 1.165) is 24.7 Å². The van der Waals surface area contributed by atoms with Gasteiger partial charge in [0.05, 0.1) is 6.07 Å². The summed E-state index contributed by atoms with van der Waals surface area (Å²) in [5.74, 6) is 0.331. The van der Waals surface area contributed by atoms with Gasteiger partial charge in [0.1, 0.15) is 6.29 Å². The van der Waals surface area contributed by atoms with E-state index in [9.17, 15) is 4.79 Å². The molecule has 0 aromatic carbocycles. The second kappa shape index (κ2) is 3.74. The van der Waals surface area contributed by atoms with Crippen molar-refractivity contribution in [3.63, 3.8) is 0 Å². The molecule has 0 heterocycles. The first-order chi connectivity index (χ1) is 6.15. The molecule has 2 atom stereocenters. The first kappa shape index (κ1) is 9.98. The van der Waals surface area contributed by atoms with Gasteiger partial charge in [0.25, 0.3) is 0 Å². The second-order valence-corrected chi connectivity index (χ2v) is 3.99. The van der Waals surface area contributed by atoms with Gasteiger partial charge in [-0.2, -0.15) is 5.26 Å². The topological polar surface area (TPSA) is 40.9 Å². The van der Waals surface area contributed by atoms with Gasteiger partial charge in [0, 0.05) is 18.3 Å². The van der Waals surface area contributed by atoms with Crippen LogP contribution in [0.1, 0.15) is 32.6 Å². The quantitative estimate of drug-likeness (QED) is 0.490. The first-order valence-electron chi connectivity index (χ1n) is 4.64. The number of rotatable bonds is 3. The molecule has 0 bridgehead atoms. The maximum atomic E-state index is 10.4. The van der Waals surface area contributed by atoms with Crippen molar-refractivity contribution < 1.29 is 4.79 Å². The Morgan fingerprint density at radius 3 is 3.08 bits per heavy atom. The van der Waals surface area contributed by atoms with Gasteiger partial charge in [-0.05, 0) is 18.8 Å². The van der Waals surface area contributed by atoms with E-state index in [1.165, 1.54) is 0 Å². The van der Waals surface area contributed by atoms with Crippen LogP contribution in [0.5, 0.6) is 0 Å². The van der Waals surface area contributed by atoms with E-state index in [1.807, 2.05) is 0 Å². The average molecular weight is 177 g/mol. The van der Waals surface area contributed by atoms with Crippen LogP contribution in [-0.2, 0) is 4.79 Å². The second-order valence-electron chi connectivity index (χ2n) is 3.99. The Morgan fingerprint density at radius 1 is 1.85 bits per heavy atom. The number of allylic oxidation sites excluding steroid dienone is 1. The van der Waals surface area contributed by atoms with Crippen molar-refractivity contribution in [1.29, 1.82) is 5.26 Å². The molecule has 2 nitrogen and oxygen atoms in total. The highest BCUT2D eigenvalue weighted by molar-refractivity contribution is 5.50. The minimum Gasteiger partial charge on any atom is -0.303 e. The minimum atomic E-state index is -0.115. The van der Waals surface area contributed by atoms with Crippen LogP contribution >= 0.6 is 0 Å². The van der Waals surface area contributed by atoms with Crippen molar-refractivity contribution in [2.24, 2.45) is 11.3 Å². The molecule has 70 valence electrons. The molecule has 2 heteroatoms. The Hall–Kier alpha value is -1.10. The molecule has 0 radical (unpaired) electrons. The highest BCUT2D eigenvalue weighted by Crippen LogP contribution is 2.49. The van der Waals surface area contributed by atoms with Gasteiger partial charge in [-0.1, -0.05) is 19.1 Å². The predicted octanol–water partition coefficient (Wildman–Crippen LogP) is 2.46. The van der Waals surface area contributed by atoms with E-state index >= 15 is 0 Å². The molecular formula is C11H15NO. The fraction of sp³-hybridized carbons (Fsp3) is 0.636. The summed E-state index contributed by atoms with van der Waals surface area (Å²) in [6, 6.07) is 2.19. The molecule has 0 spiro atoms. The molecule has 1 fully saturated rings. The number of nitrogens with zero attached hydrogens (tertiary/aromatic N) is 1. The molecule has 0 unspecified atom stereocenters. The van der Waals surface area contributed by atoms with E-state index in [2.05, 4.69) is 19.6 Å². The highest BCUT2D eigenvalue weighted by atomic mass is 16.1. The zero-order chi connectivity index (χ0) is 9.90. The summed E-state index contributed by atoms with van der Waals surface area (Å²) >= 11 is 0. The smallest absolute Gasteiger partial charge is 0.120 e. The van der Waals surface area contributed by atoms with Crippen LogP contribution in [-0.4, -0.2) is 6.29 Å². The summed E-state index contributed by atoms with van der Waals surface area (Å²) in [6.45, 7) is 6.05. The standard InChI is InChI=1S/C11H15NO/c1-9-3-4-10(5-8-13)11(9,2)6-7-12/h8,10H,1,3-6H2,2H3/t10-,11+/m0/s1. The molecule has 0 saturated heterocycles. The summed E-state index contributed by atoms with van der Waals surface area (Å²) in [4.78, 5) is 10.4. The van der Waals surface area contributed by atoms with Crippen molar-refractivity contribution in [1.82, 2.24) is 0 Å². The lowest BCUT2D eigenvalue weighted by molar-refractivity contribution is -0.109. The van der Waals surface area contributed by atoms with Gasteiger partial charge >= 0.3 is 0 Å². The molecule has 0 aliphatic heterocycles. The third-order valence-electron chi connectivity index (χ3n) is 3.33. The molecule has 1 rings (SSSR count). The van der Waals surface area contributed by atoms with Crippen LogP contribution < -0.4 is 0 Å². The van der Waals surface area contributed by atoms with Crippen LogP contribution in [0.2, 0.25) is 0 Å². The molecule has 1 aliphatic rings. The molecule has 13 heavy (non-hydrogen) atoms. The third kappa shape index (κ3) is 1.65. The van der Waals surface area contributed by atoms with Gasteiger partial charge < -0.3 is 4.79 Å². The van der Waals surface area contributed by atoms with Crippen LogP contribution in [0.15, 0.2) is 12.2 Å². The molecule has 1 aliphatic carbocycles. The maximum absolute atomic E-state index is 10.4. The molecule has 0 aromatic heterocycles. The number of hydrogen-bond donors (Lipinski definition) is 0. The van der Waals surface area contributed by atoms with Gasteiger partial charge in [0.15, 0.2) is 0 Å². The van der Waals surface area contributed by atoms with Gasteiger partial charge in [0.2, 0.25) is 0 Å². The maximum Gasteiger partial charge on any atom is 0.120 e. The first-order valence-corrected chi connectivity index (χ1v) is 4.64. The van der Waals surface area contributed by atoms with Crippen molar-refractivity contribution in [2.75, 3.05) is 0 Å². The Bertz CT molecular complexity index is 264. The largest absolute Gasteiger partial charge is 0.303 e. The Labute approximate surface area is 79.2 Å². The van der Waals surface area contributed by atoms with E-state index in [4.69, 9.17) is 5.26 Å². The summed E-state index contributed by atoms with van der Waals surface area (Å²) < 4.78 is 0. The van der Waals surface area contributed by atoms with Gasteiger partial charge in [-0.25, -0.2) is 0 Å². The zero-order valence-corrected chi connectivity index (χ0v) is 8.05. The summed E-state index contributed by atoms with van der Waals surface area (Å²) in [5.41, 5.74) is 1.02. The van der Waals surface area contributed by atoms with E-state index in [0.29, 0.717) is 18.8 Å². The van der Waals surface area contributed by atoms with E-state index < -0.39 is 0 Å². The lowest BCUT2D eigenvalue weighted by atomic mass is 9.74. The number of carbonyl (C=O) groups is 1. The molecule has 0 N–H and O–H groups in total. The van der Waals surface area contributed by atoms with Crippen molar-refractivity contribution in [3.8, 4) is 6.07 Å². The third-order valence-corrected chi connectivity index (χ3v) is 3.33. The van der Waals surface area contributed by atoms with E-state index in [-0.39, 0.29) is 5.41 Å². The SMILES string of the molecule is C=C1CC[C@@H](CC=O)[C@]1(C)CC#N. The molecule has 0 aromatic rings. The molecular weight excluding hydrogens is 162 g/mol. The number of nitriles is 1. The monoisotopic (exact) mass is 177 g/mol. The highest BCUT2D eigenvalue weighted by Gasteiger charge is 2.40. The summed E-state index contributed by atoms with van der Waals surface area (Å²) in [7, 11) is 0. The minimum absolute atomic E-state index is 0.115. The van der Waals surface area contributed by atoms with Crippen LogP contribution in [0, 0.1) is 22.7 Å². The molecule has 0 amide bonds. The van der Waals surface area contributed by atoms with Crippen LogP contribution in [0.25, 0.3) is 0 Å². The van der Waals surface area contributed by atoms with E-state index in [1.54, 1.807) is 0 Å². The molecule has 1 saturated carbocycles. The number of carbonyl (C=O) groups excluding carboxylic acids is 1. The van der Waals surface area contributed by atoms with Crippen molar-refractivity contribution in [3.05, 3.63) is 12.2 Å². The zero-order valence-electron chi connectivity index (χ0n) is 8.05. The van der Waals surface area contributed by atoms with Crippen molar-refractivity contribution >= 4 is 6.29 Å².